The summed E-state index contributed by atoms with van der Waals surface area (Å²) in [5.74, 6) is -0.911. The number of aliphatic carboxylic acids is 1. The quantitative estimate of drug-likeness (QED) is 0.543. The third-order valence-corrected chi connectivity index (χ3v) is 2.12. The summed E-state index contributed by atoms with van der Waals surface area (Å²) in [4.78, 5) is 23.5. The Hall–Kier alpha value is -1.30. The molecule has 0 rings (SSSR count). The summed E-state index contributed by atoms with van der Waals surface area (Å²) in [6.07, 6.45) is 0.809. The van der Waals surface area contributed by atoms with E-state index in [4.69, 9.17) is 5.11 Å². The van der Waals surface area contributed by atoms with E-state index in [9.17, 15) is 9.59 Å². The number of hydrogen-bond donors (Lipinski definition) is 3. The Kier molecular flexibility index (Phi) is 7.28. The summed E-state index contributed by atoms with van der Waals surface area (Å²) in [7, 11) is 3.55. The van der Waals surface area contributed by atoms with Crippen LogP contribution in [0.1, 0.15) is 19.8 Å². The van der Waals surface area contributed by atoms with Crippen molar-refractivity contribution in [1.29, 1.82) is 0 Å². The van der Waals surface area contributed by atoms with Crippen LogP contribution in [0.15, 0.2) is 0 Å². The van der Waals surface area contributed by atoms with Crippen molar-refractivity contribution in [3.8, 4) is 0 Å². The van der Waals surface area contributed by atoms with Gasteiger partial charge in [0.2, 0.25) is 0 Å². The molecule has 0 aromatic heterocycles. The Morgan fingerprint density at radius 1 is 1.44 bits per heavy atom. The predicted molar refractivity (Wildman–Crippen MR) is 61.4 cm³/mol. The van der Waals surface area contributed by atoms with Crippen LogP contribution in [-0.2, 0) is 4.79 Å². The van der Waals surface area contributed by atoms with E-state index in [1.165, 1.54) is 0 Å². The lowest BCUT2D eigenvalue weighted by molar-refractivity contribution is -0.137. The number of amides is 2. The number of rotatable bonds is 7. The molecule has 0 radical (unpaired) electrons. The summed E-state index contributed by atoms with van der Waals surface area (Å²) in [6, 6.07) is -0.582. The van der Waals surface area contributed by atoms with Crippen LogP contribution in [-0.4, -0.2) is 55.2 Å². The van der Waals surface area contributed by atoms with Crippen LogP contribution in [0.5, 0.6) is 0 Å². The highest BCUT2D eigenvalue weighted by atomic mass is 16.4. The molecule has 6 nitrogen and oxygen atoms in total. The van der Waals surface area contributed by atoms with Crippen molar-refractivity contribution in [2.24, 2.45) is 0 Å². The van der Waals surface area contributed by atoms with Gasteiger partial charge in [-0.1, -0.05) is 0 Å². The Balaban J connectivity index is 3.81. The average Bonchev–Trinajstić information content (AvgIpc) is 2.16. The Labute approximate surface area is 96.0 Å². The molecule has 0 aromatic rings. The number of carbonyl (C=O) groups excluding carboxylic acids is 1. The molecule has 0 aromatic carbocycles. The fraction of sp³-hybridized carbons (Fsp3) is 0.800. The first-order valence-electron chi connectivity index (χ1n) is 5.35. The lowest BCUT2D eigenvalue weighted by atomic mass is 10.2. The van der Waals surface area contributed by atoms with Crippen LogP contribution in [0.4, 0.5) is 4.79 Å². The van der Waals surface area contributed by atoms with Gasteiger partial charge in [-0.2, -0.15) is 0 Å². The minimum Gasteiger partial charge on any atom is -0.481 e. The molecule has 0 heterocycles. The number of urea groups is 1. The molecule has 0 bridgehead atoms. The van der Waals surface area contributed by atoms with Crippen molar-refractivity contribution in [3.05, 3.63) is 0 Å². The topological polar surface area (TPSA) is 81.7 Å². The molecule has 1 atom stereocenters. The summed E-state index contributed by atoms with van der Waals surface area (Å²) in [6.45, 7) is 3.17. The second-order valence-electron chi connectivity index (χ2n) is 3.83. The molecule has 0 saturated carbocycles. The molecular weight excluding hydrogens is 210 g/mol. The maximum Gasteiger partial charge on any atom is 0.317 e. The highest BCUT2D eigenvalue weighted by Gasteiger charge is 2.13. The normalized spacial score (nSPS) is 11.9. The smallest absolute Gasteiger partial charge is 0.317 e. The van der Waals surface area contributed by atoms with Gasteiger partial charge in [-0.25, -0.2) is 4.79 Å². The zero-order chi connectivity index (χ0) is 12.6. The van der Waals surface area contributed by atoms with E-state index in [0.29, 0.717) is 6.54 Å². The Morgan fingerprint density at radius 2 is 2.06 bits per heavy atom. The molecule has 3 N–H and O–H groups in total. The SMILES string of the molecule is CNCCCN(C)C(=O)NC(C)CC(=O)O. The molecule has 0 aliphatic rings. The Morgan fingerprint density at radius 3 is 2.56 bits per heavy atom. The molecular formula is C10H21N3O3. The van der Waals surface area contributed by atoms with Crippen LogP contribution < -0.4 is 10.6 Å². The molecule has 0 fully saturated rings. The van der Waals surface area contributed by atoms with Gasteiger partial charge >= 0.3 is 12.0 Å². The number of carbonyl (C=O) groups is 2. The van der Waals surface area contributed by atoms with Crippen molar-refractivity contribution in [1.82, 2.24) is 15.5 Å². The summed E-state index contributed by atoms with van der Waals surface area (Å²) in [5.41, 5.74) is 0. The molecule has 0 spiro atoms. The van der Waals surface area contributed by atoms with Crippen molar-refractivity contribution >= 4 is 12.0 Å². The number of carboxylic acid groups (broad SMARTS) is 1. The first kappa shape index (κ1) is 14.7. The Bertz CT molecular complexity index is 233. The average molecular weight is 231 g/mol. The van der Waals surface area contributed by atoms with Crippen LogP contribution in [0.25, 0.3) is 0 Å². The molecule has 0 aliphatic carbocycles. The van der Waals surface area contributed by atoms with Crippen molar-refractivity contribution in [2.45, 2.75) is 25.8 Å². The lowest BCUT2D eigenvalue weighted by Crippen LogP contribution is -2.43. The number of nitrogens with zero attached hydrogens (tertiary/aromatic N) is 1. The van der Waals surface area contributed by atoms with E-state index < -0.39 is 5.97 Å². The standard InChI is InChI=1S/C10H21N3O3/c1-8(7-9(14)15)12-10(16)13(3)6-4-5-11-2/h8,11H,4-7H2,1-3H3,(H,12,16)(H,14,15). The molecule has 0 aliphatic heterocycles. The second kappa shape index (κ2) is 7.92. The summed E-state index contributed by atoms with van der Waals surface area (Å²) in [5, 5.41) is 14.2. The van der Waals surface area contributed by atoms with Crippen LogP contribution in [0, 0.1) is 0 Å². The van der Waals surface area contributed by atoms with Gasteiger partial charge in [-0.05, 0) is 26.9 Å². The van der Waals surface area contributed by atoms with Gasteiger partial charge in [0.05, 0.1) is 6.42 Å². The zero-order valence-electron chi connectivity index (χ0n) is 10.1. The fourth-order valence-electron chi connectivity index (χ4n) is 1.23. The van der Waals surface area contributed by atoms with Crippen molar-refractivity contribution in [3.63, 3.8) is 0 Å². The maximum absolute atomic E-state index is 11.5. The van der Waals surface area contributed by atoms with Gasteiger partial charge in [0.25, 0.3) is 0 Å². The minimum absolute atomic E-state index is 0.0594. The van der Waals surface area contributed by atoms with Crippen molar-refractivity contribution < 1.29 is 14.7 Å². The van der Waals surface area contributed by atoms with Gasteiger partial charge in [0.1, 0.15) is 0 Å². The molecule has 1 unspecified atom stereocenters. The molecule has 6 heteroatoms. The molecule has 2 amide bonds. The number of nitrogens with one attached hydrogen (secondary N) is 2. The van der Waals surface area contributed by atoms with E-state index in [1.54, 1.807) is 18.9 Å². The third kappa shape index (κ3) is 7.05. The molecule has 0 saturated heterocycles. The number of carboxylic acids is 1. The van der Waals surface area contributed by atoms with Crippen molar-refractivity contribution in [2.75, 3.05) is 27.2 Å². The van der Waals surface area contributed by atoms with Gasteiger partial charge in [0, 0.05) is 19.6 Å². The van der Waals surface area contributed by atoms with Gasteiger partial charge in [-0.3, -0.25) is 4.79 Å². The molecule has 16 heavy (non-hydrogen) atoms. The lowest BCUT2D eigenvalue weighted by Gasteiger charge is -2.20. The van der Waals surface area contributed by atoms with E-state index in [1.807, 2.05) is 7.05 Å². The maximum atomic E-state index is 11.5. The summed E-state index contributed by atoms with van der Waals surface area (Å²) >= 11 is 0. The van der Waals surface area contributed by atoms with E-state index in [0.717, 1.165) is 13.0 Å². The van der Waals surface area contributed by atoms with Gasteiger partial charge in [-0.15, -0.1) is 0 Å². The second-order valence-corrected chi connectivity index (χ2v) is 3.83. The van der Waals surface area contributed by atoms with E-state index >= 15 is 0 Å². The third-order valence-electron chi connectivity index (χ3n) is 2.12. The zero-order valence-corrected chi connectivity index (χ0v) is 10.1. The van der Waals surface area contributed by atoms with E-state index in [2.05, 4.69) is 10.6 Å². The van der Waals surface area contributed by atoms with Crippen LogP contribution >= 0.6 is 0 Å². The van der Waals surface area contributed by atoms with E-state index in [-0.39, 0.29) is 18.5 Å². The highest BCUT2D eigenvalue weighted by Crippen LogP contribution is 1.94. The van der Waals surface area contributed by atoms with Crippen LogP contribution in [0.3, 0.4) is 0 Å². The van der Waals surface area contributed by atoms with Gasteiger partial charge < -0.3 is 20.6 Å². The minimum atomic E-state index is -0.911. The predicted octanol–water partition coefficient (Wildman–Crippen LogP) is 0.101. The highest BCUT2D eigenvalue weighted by molar-refractivity contribution is 5.75. The molecule has 94 valence electrons. The fourth-order valence-corrected chi connectivity index (χ4v) is 1.23. The first-order valence-corrected chi connectivity index (χ1v) is 5.35. The first-order chi connectivity index (χ1) is 7.47. The monoisotopic (exact) mass is 231 g/mol. The number of hydrogen-bond acceptors (Lipinski definition) is 3. The summed E-state index contributed by atoms with van der Waals surface area (Å²) < 4.78 is 0. The van der Waals surface area contributed by atoms with Gasteiger partial charge in [0.15, 0.2) is 0 Å². The largest absolute Gasteiger partial charge is 0.481 e. The van der Waals surface area contributed by atoms with Crippen LogP contribution in [0.2, 0.25) is 0 Å².